The lowest BCUT2D eigenvalue weighted by atomic mass is 10.1. The van der Waals surface area contributed by atoms with E-state index in [1.54, 1.807) is 11.3 Å². The normalized spacial score (nSPS) is 10.9. The quantitative estimate of drug-likeness (QED) is 0.636. The predicted octanol–water partition coefficient (Wildman–Crippen LogP) is 4.96. The molecule has 1 nitrogen and oxygen atoms in total. The van der Waals surface area contributed by atoms with Crippen LogP contribution >= 0.6 is 27.3 Å². The molecule has 1 aromatic rings. The Hall–Kier alpha value is 0.140. The van der Waals surface area contributed by atoms with Crippen molar-refractivity contribution >= 4 is 27.3 Å². The molecular weight excluding hydrogens is 282 g/mol. The maximum absolute atomic E-state index is 3.49. The van der Waals surface area contributed by atoms with Gasteiger partial charge in [0.2, 0.25) is 0 Å². The topological polar surface area (TPSA) is 12.0 Å². The number of nitrogens with one attached hydrogen (secondary N) is 1. The fourth-order valence-electron chi connectivity index (χ4n) is 1.70. The molecule has 0 aliphatic carbocycles. The highest BCUT2D eigenvalue weighted by Crippen LogP contribution is 2.20. The largest absolute Gasteiger partial charge is 0.313 e. The van der Waals surface area contributed by atoms with Crippen LogP contribution < -0.4 is 5.32 Å². The second-order valence-corrected chi connectivity index (χ2v) is 6.49. The minimum absolute atomic E-state index is 1.01. The maximum atomic E-state index is 3.49. The van der Waals surface area contributed by atoms with E-state index >= 15 is 0 Å². The fourth-order valence-corrected chi connectivity index (χ4v) is 2.91. The zero-order valence-corrected chi connectivity index (χ0v) is 12.5. The second-order valence-electron chi connectivity index (χ2n) is 4.20. The average Bonchev–Trinajstić information content (AvgIpc) is 2.68. The van der Waals surface area contributed by atoms with Crippen LogP contribution in [-0.4, -0.2) is 6.54 Å². The van der Waals surface area contributed by atoms with E-state index in [2.05, 4.69) is 39.6 Å². The molecule has 1 aromatic heterocycles. The summed E-state index contributed by atoms with van der Waals surface area (Å²) in [6.45, 7) is 4.43. The van der Waals surface area contributed by atoms with Gasteiger partial charge < -0.3 is 5.32 Å². The van der Waals surface area contributed by atoms with E-state index in [9.17, 15) is 0 Å². The lowest BCUT2D eigenvalue weighted by Crippen LogP contribution is -2.13. The van der Waals surface area contributed by atoms with Crippen molar-refractivity contribution in [3.8, 4) is 0 Å². The van der Waals surface area contributed by atoms with E-state index in [0.717, 1.165) is 13.1 Å². The molecule has 3 heteroatoms. The fraction of sp³-hybridized carbons (Fsp3) is 0.692. The van der Waals surface area contributed by atoms with Gasteiger partial charge in [0, 0.05) is 6.54 Å². The lowest BCUT2D eigenvalue weighted by Gasteiger charge is -2.03. The van der Waals surface area contributed by atoms with Crippen LogP contribution in [0.15, 0.2) is 15.2 Å². The molecule has 0 aliphatic heterocycles. The van der Waals surface area contributed by atoms with Gasteiger partial charge in [0.15, 0.2) is 0 Å². The first-order valence-electron chi connectivity index (χ1n) is 6.26. The van der Waals surface area contributed by atoms with Crippen LogP contribution in [0.4, 0.5) is 0 Å². The van der Waals surface area contributed by atoms with Gasteiger partial charge in [0.25, 0.3) is 0 Å². The molecule has 0 aliphatic rings. The van der Waals surface area contributed by atoms with Crippen molar-refractivity contribution in [2.24, 2.45) is 0 Å². The summed E-state index contributed by atoms with van der Waals surface area (Å²) in [5, 5.41) is 5.70. The first-order chi connectivity index (χ1) is 7.83. The van der Waals surface area contributed by atoms with Gasteiger partial charge in [-0.05, 0) is 45.9 Å². The molecule has 0 bridgehead atoms. The zero-order chi connectivity index (χ0) is 11.6. The molecule has 0 radical (unpaired) electrons. The van der Waals surface area contributed by atoms with Gasteiger partial charge >= 0.3 is 0 Å². The third-order valence-electron chi connectivity index (χ3n) is 2.66. The smallest absolute Gasteiger partial charge is 0.0701 e. The van der Waals surface area contributed by atoms with Crippen molar-refractivity contribution in [3.63, 3.8) is 0 Å². The van der Waals surface area contributed by atoms with Crippen molar-refractivity contribution in [2.75, 3.05) is 6.54 Å². The predicted molar refractivity (Wildman–Crippen MR) is 77.1 cm³/mol. The summed E-state index contributed by atoms with van der Waals surface area (Å²) < 4.78 is 1.23. The molecule has 0 atom stereocenters. The Bertz CT molecular complexity index is 273. The van der Waals surface area contributed by atoms with Crippen LogP contribution in [0.1, 0.15) is 51.0 Å². The highest BCUT2D eigenvalue weighted by molar-refractivity contribution is 9.11. The standard InChI is InChI=1S/C13H22BrNS/c1-2-3-4-5-6-7-8-15-10-12-9-13(14)16-11-12/h9,11,15H,2-8,10H2,1H3. The van der Waals surface area contributed by atoms with Crippen molar-refractivity contribution < 1.29 is 0 Å². The Morgan fingerprint density at radius 3 is 2.62 bits per heavy atom. The number of unbranched alkanes of at least 4 members (excludes halogenated alkanes) is 5. The minimum atomic E-state index is 1.01. The minimum Gasteiger partial charge on any atom is -0.313 e. The molecule has 0 unspecified atom stereocenters. The van der Waals surface area contributed by atoms with Crippen LogP contribution in [0.25, 0.3) is 0 Å². The van der Waals surface area contributed by atoms with Gasteiger partial charge in [0.05, 0.1) is 3.79 Å². The number of hydrogen-bond donors (Lipinski definition) is 1. The van der Waals surface area contributed by atoms with Crippen LogP contribution in [0.5, 0.6) is 0 Å². The van der Waals surface area contributed by atoms with Gasteiger partial charge in [-0.15, -0.1) is 11.3 Å². The van der Waals surface area contributed by atoms with Crippen LogP contribution in [0.2, 0.25) is 0 Å². The molecule has 92 valence electrons. The highest BCUT2D eigenvalue weighted by Gasteiger charge is 1.96. The number of thiophene rings is 1. The average molecular weight is 304 g/mol. The lowest BCUT2D eigenvalue weighted by molar-refractivity contribution is 0.572. The Morgan fingerprint density at radius 2 is 1.94 bits per heavy atom. The van der Waals surface area contributed by atoms with E-state index in [-0.39, 0.29) is 0 Å². The molecule has 0 aromatic carbocycles. The van der Waals surface area contributed by atoms with Gasteiger partial charge in [-0.2, -0.15) is 0 Å². The highest BCUT2D eigenvalue weighted by atomic mass is 79.9. The molecule has 1 rings (SSSR count). The number of rotatable bonds is 9. The Labute approximate surface area is 112 Å². The van der Waals surface area contributed by atoms with E-state index in [4.69, 9.17) is 0 Å². The van der Waals surface area contributed by atoms with Gasteiger partial charge in [0.1, 0.15) is 0 Å². The first kappa shape index (κ1) is 14.2. The molecule has 0 amide bonds. The molecule has 0 fully saturated rings. The van der Waals surface area contributed by atoms with E-state index in [1.165, 1.54) is 47.9 Å². The Kier molecular flexibility index (Phi) is 8.17. The van der Waals surface area contributed by atoms with E-state index in [0.29, 0.717) is 0 Å². The molecule has 1 heterocycles. The Morgan fingerprint density at radius 1 is 1.19 bits per heavy atom. The van der Waals surface area contributed by atoms with Gasteiger partial charge in [-0.1, -0.05) is 39.0 Å². The summed E-state index contributed by atoms with van der Waals surface area (Å²) in [4.78, 5) is 0. The molecule has 16 heavy (non-hydrogen) atoms. The van der Waals surface area contributed by atoms with E-state index in [1.807, 2.05) is 0 Å². The molecule has 0 spiro atoms. The molecule has 0 saturated heterocycles. The maximum Gasteiger partial charge on any atom is 0.0701 e. The molecule has 1 N–H and O–H groups in total. The van der Waals surface area contributed by atoms with Crippen LogP contribution in [0.3, 0.4) is 0 Å². The summed E-state index contributed by atoms with van der Waals surface area (Å²) in [5.74, 6) is 0. The summed E-state index contributed by atoms with van der Waals surface area (Å²) in [6.07, 6.45) is 8.24. The molecule has 0 saturated carbocycles. The van der Waals surface area contributed by atoms with Gasteiger partial charge in [-0.25, -0.2) is 0 Å². The number of hydrogen-bond acceptors (Lipinski definition) is 2. The van der Waals surface area contributed by atoms with Gasteiger partial charge in [-0.3, -0.25) is 0 Å². The third-order valence-corrected chi connectivity index (χ3v) is 4.21. The SMILES string of the molecule is CCCCCCCCNCc1csc(Br)c1. The third kappa shape index (κ3) is 6.66. The zero-order valence-electron chi connectivity index (χ0n) is 10.1. The second kappa shape index (κ2) is 9.20. The number of halogens is 1. The molecular formula is C13H22BrNS. The van der Waals surface area contributed by atoms with Crippen LogP contribution in [-0.2, 0) is 6.54 Å². The first-order valence-corrected chi connectivity index (χ1v) is 7.94. The van der Waals surface area contributed by atoms with Crippen molar-refractivity contribution in [1.82, 2.24) is 5.32 Å². The monoisotopic (exact) mass is 303 g/mol. The summed E-state index contributed by atoms with van der Waals surface area (Å²) >= 11 is 5.24. The van der Waals surface area contributed by atoms with E-state index < -0.39 is 0 Å². The Balaban J connectivity index is 1.88. The summed E-state index contributed by atoms with van der Waals surface area (Å²) in [7, 11) is 0. The van der Waals surface area contributed by atoms with Crippen molar-refractivity contribution in [2.45, 2.75) is 52.0 Å². The summed E-state index contributed by atoms with van der Waals surface area (Å²) in [5.41, 5.74) is 1.39. The van der Waals surface area contributed by atoms with Crippen molar-refractivity contribution in [3.05, 3.63) is 20.8 Å². The van der Waals surface area contributed by atoms with Crippen LogP contribution in [0, 0.1) is 0 Å². The summed E-state index contributed by atoms with van der Waals surface area (Å²) in [6, 6.07) is 2.19. The van der Waals surface area contributed by atoms with Crippen molar-refractivity contribution in [1.29, 1.82) is 0 Å².